The van der Waals surface area contributed by atoms with Crippen LogP contribution in [-0.2, 0) is 6.61 Å². The van der Waals surface area contributed by atoms with Crippen LogP contribution in [-0.4, -0.2) is 42.2 Å². The molecule has 1 aliphatic heterocycles. The Bertz CT molecular complexity index is 452. The molecule has 1 heterocycles. The first-order chi connectivity index (χ1) is 9.78. The zero-order valence-electron chi connectivity index (χ0n) is 11.9. The molecule has 1 aromatic rings. The average molecular weight is 339 g/mol. The fourth-order valence-electron chi connectivity index (χ4n) is 3.50. The first-order valence-corrected chi connectivity index (χ1v) is 8.45. The molecular formula is C16H23BrN2O. The lowest BCUT2D eigenvalue weighted by Gasteiger charge is -2.39. The van der Waals surface area contributed by atoms with Crippen molar-refractivity contribution in [3.8, 4) is 0 Å². The quantitative estimate of drug-likeness (QED) is 0.917. The van der Waals surface area contributed by atoms with E-state index in [4.69, 9.17) is 0 Å². The van der Waals surface area contributed by atoms with Gasteiger partial charge in [-0.1, -0.05) is 18.9 Å². The molecule has 1 saturated heterocycles. The van der Waals surface area contributed by atoms with E-state index in [0.29, 0.717) is 0 Å². The van der Waals surface area contributed by atoms with E-state index in [-0.39, 0.29) is 6.61 Å². The summed E-state index contributed by atoms with van der Waals surface area (Å²) in [6.45, 7) is 4.67. The normalized spacial score (nSPS) is 21.6. The van der Waals surface area contributed by atoms with Gasteiger partial charge in [0.05, 0.1) is 12.3 Å². The zero-order valence-corrected chi connectivity index (χ0v) is 13.5. The smallest absolute Gasteiger partial charge is 0.0682 e. The van der Waals surface area contributed by atoms with E-state index in [9.17, 15) is 5.11 Å². The third-order valence-electron chi connectivity index (χ3n) is 4.69. The van der Waals surface area contributed by atoms with Gasteiger partial charge in [0, 0.05) is 36.7 Å². The summed E-state index contributed by atoms with van der Waals surface area (Å²) in [5, 5.41) is 9.18. The van der Waals surface area contributed by atoms with Gasteiger partial charge in [-0.3, -0.25) is 4.90 Å². The highest BCUT2D eigenvalue weighted by Gasteiger charge is 2.26. The SMILES string of the molecule is OCc1ccc(N2CCN(C3CCCC3)CC2)c(Br)c1. The lowest BCUT2D eigenvalue weighted by Crippen LogP contribution is -2.49. The standard InChI is InChI=1S/C16H23BrN2O/c17-15-11-13(12-20)5-6-16(15)19-9-7-18(8-10-19)14-3-1-2-4-14/h5-6,11,14,20H,1-4,7-10,12H2. The highest BCUT2D eigenvalue weighted by atomic mass is 79.9. The predicted molar refractivity (Wildman–Crippen MR) is 86.1 cm³/mol. The molecule has 2 aliphatic rings. The van der Waals surface area contributed by atoms with Crippen LogP contribution in [0.4, 0.5) is 5.69 Å². The maximum absolute atomic E-state index is 9.18. The number of piperazine rings is 1. The van der Waals surface area contributed by atoms with Crippen LogP contribution in [0.1, 0.15) is 31.2 Å². The first-order valence-electron chi connectivity index (χ1n) is 7.66. The van der Waals surface area contributed by atoms with Crippen molar-refractivity contribution in [2.24, 2.45) is 0 Å². The van der Waals surface area contributed by atoms with Crippen LogP contribution < -0.4 is 4.90 Å². The third-order valence-corrected chi connectivity index (χ3v) is 5.33. The molecule has 4 heteroatoms. The van der Waals surface area contributed by atoms with Crippen molar-refractivity contribution in [3.63, 3.8) is 0 Å². The highest BCUT2D eigenvalue weighted by molar-refractivity contribution is 9.10. The number of hydrogen-bond acceptors (Lipinski definition) is 3. The monoisotopic (exact) mass is 338 g/mol. The highest BCUT2D eigenvalue weighted by Crippen LogP contribution is 2.30. The van der Waals surface area contributed by atoms with Crippen LogP contribution in [0.3, 0.4) is 0 Å². The molecule has 0 unspecified atom stereocenters. The lowest BCUT2D eigenvalue weighted by atomic mass is 10.1. The van der Waals surface area contributed by atoms with Gasteiger partial charge in [0.15, 0.2) is 0 Å². The second-order valence-electron chi connectivity index (χ2n) is 5.91. The van der Waals surface area contributed by atoms with E-state index in [2.05, 4.69) is 31.8 Å². The molecule has 0 atom stereocenters. The molecule has 3 nitrogen and oxygen atoms in total. The summed E-state index contributed by atoms with van der Waals surface area (Å²) in [5.74, 6) is 0. The Balaban J connectivity index is 1.62. The molecule has 0 radical (unpaired) electrons. The topological polar surface area (TPSA) is 26.7 Å². The predicted octanol–water partition coefficient (Wildman–Crippen LogP) is 3.01. The molecular weight excluding hydrogens is 316 g/mol. The van der Waals surface area contributed by atoms with E-state index < -0.39 is 0 Å². The summed E-state index contributed by atoms with van der Waals surface area (Å²) >= 11 is 3.64. The largest absolute Gasteiger partial charge is 0.392 e. The van der Waals surface area contributed by atoms with Gasteiger partial charge in [-0.2, -0.15) is 0 Å². The molecule has 3 rings (SSSR count). The van der Waals surface area contributed by atoms with Crippen molar-refractivity contribution in [2.45, 2.75) is 38.3 Å². The number of halogens is 1. The van der Waals surface area contributed by atoms with Crippen LogP contribution in [0.15, 0.2) is 22.7 Å². The van der Waals surface area contributed by atoms with Crippen molar-refractivity contribution in [1.29, 1.82) is 0 Å². The summed E-state index contributed by atoms with van der Waals surface area (Å²) in [6, 6.07) is 7.01. The van der Waals surface area contributed by atoms with Crippen LogP contribution >= 0.6 is 15.9 Å². The second-order valence-corrected chi connectivity index (χ2v) is 6.76. The Labute approximate surface area is 129 Å². The van der Waals surface area contributed by atoms with Crippen molar-refractivity contribution in [1.82, 2.24) is 4.90 Å². The summed E-state index contributed by atoms with van der Waals surface area (Å²) in [7, 11) is 0. The average Bonchev–Trinajstić information content (AvgIpc) is 3.01. The Morgan fingerprint density at radius 1 is 1.10 bits per heavy atom. The molecule has 0 spiro atoms. The van der Waals surface area contributed by atoms with Gasteiger partial charge in [0.2, 0.25) is 0 Å². The zero-order chi connectivity index (χ0) is 13.9. The van der Waals surface area contributed by atoms with Crippen LogP contribution in [0, 0.1) is 0 Å². The number of aliphatic hydroxyl groups excluding tert-OH is 1. The van der Waals surface area contributed by atoms with Gasteiger partial charge in [-0.25, -0.2) is 0 Å². The Hall–Kier alpha value is -0.580. The lowest BCUT2D eigenvalue weighted by molar-refractivity contribution is 0.187. The maximum atomic E-state index is 9.18. The number of nitrogens with zero attached hydrogens (tertiary/aromatic N) is 2. The first kappa shape index (κ1) is 14.4. The van der Waals surface area contributed by atoms with Gasteiger partial charge >= 0.3 is 0 Å². The van der Waals surface area contributed by atoms with E-state index in [1.807, 2.05) is 12.1 Å². The molecule has 0 bridgehead atoms. The second kappa shape index (κ2) is 6.46. The number of rotatable bonds is 3. The fraction of sp³-hybridized carbons (Fsp3) is 0.625. The van der Waals surface area contributed by atoms with Crippen molar-refractivity contribution in [2.75, 3.05) is 31.1 Å². The molecule has 0 aromatic heterocycles. The van der Waals surface area contributed by atoms with Crippen molar-refractivity contribution >= 4 is 21.6 Å². The molecule has 20 heavy (non-hydrogen) atoms. The number of hydrogen-bond donors (Lipinski definition) is 1. The van der Waals surface area contributed by atoms with E-state index in [1.165, 1.54) is 44.5 Å². The molecule has 2 fully saturated rings. The minimum absolute atomic E-state index is 0.105. The number of anilines is 1. The van der Waals surface area contributed by atoms with E-state index in [0.717, 1.165) is 29.2 Å². The Morgan fingerprint density at radius 2 is 1.80 bits per heavy atom. The van der Waals surface area contributed by atoms with E-state index in [1.54, 1.807) is 0 Å². The van der Waals surface area contributed by atoms with Gasteiger partial charge in [0.1, 0.15) is 0 Å². The number of aliphatic hydroxyl groups is 1. The van der Waals surface area contributed by atoms with Gasteiger partial charge in [0.25, 0.3) is 0 Å². The third kappa shape index (κ3) is 3.02. The van der Waals surface area contributed by atoms with Crippen LogP contribution in [0.5, 0.6) is 0 Å². The fourth-order valence-corrected chi connectivity index (χ4v) is 4.18. The van der Waals surface area contributed by atoms with Crippen LogP contribution in [0.2, 0.25) is 0 Å². The summed E-state index contributed by atoms with van der Waals surface area (Å²) in [5.41, 5.74) is 2.22. The van der Waals surface area contributed by atoms with Crippen LogP contribution in [0.25, 0.3) is 0 Å². The Morgan fingerprint density at radius 3 is 2.40 bits per heavy atom. The van der Waals surface area contributed by atoms with Crippen molar-refractivity contribution < 1.29 is 5.11 Å². The molecule has 1 N–H and O–H groups in total. The van der Waals surface area contributed by atoms with E-state index >= 15 is 0 Å². The number of benzene rings is 1. The van der Waals surface area contributed by atoms with Gasteiger partial charge in [-0.15, -0.1) is 0 Å². The minimum Gasteiger partial charge on any atom is -0.392 e. The molecule has 1 aromatic carbocycles. The van der Waals surface area contributed by atoms with Gasteiger partial charge in [-0.05, 0) is 46.5 Å². The minimum atomic E-state index is 0.105. The molecule has 0 amide bonds. The summed E-state index contributed by atoms with van der Waals surface area (Å²) in [4.78, 5) is 5.14. The molecule has 1 aliphatic carbocycles. The molecule has 1 saturated carbocycles. The van der Waals surface area contributed by atoms with Gasteiger partial charge < -0.3 is 10.0 Å². The molecule has 110 valence electrons. The maximum Gasteiger partial charge on any atom is 0.0682 e. The van der Waals surface area contributed by atoms with Crippen molar-refractivity contribution in [3.05, 3.63) is 28.2 Å². The Kier molecular flexibility index (Phi) is 4.64. The summed E-state index contributed by atoms with van der Waals surface area (Å²) < 4.78 is 1.10. The summed E-state index contributed by atoms with van der Waals surface area (Å²) in [6.07, 6.45) is 5.63.